The van der Waals surface area contributed by atoms with E-state index in [4.69, 9.17) is 0 Å². The Kier molecular flexibility index (Phi) is 8.09. The Morgan fingerprint density at radius 2 is 1.07 bits per heavy atom. The molecule has 1 aliphatic carbocycles. The number of hydrogen-bond donors (Lipinski definition) is 0. The molecule has 10 rings (SSSR count). The number of para-hydroxylation sites is 2. The van der Waals surface area contributed by atoms with Crippen LogP contribution in [0.25, 0.3) is 60.9 Å². The first-order chi connectivity index (χ1) is 27.7. The van der Waals surface area contributed by atoms with Crippen molar-refractivity contribution in [3.05, 3.63) is 205 Å². The zero-order valence-corrected chi connectivity index (χ0v) is 33.3. The van der Waals surface area contributed by atoms with Crippen LogP contribution in [0.15, 0.2) is 188 Å². The third kappa shape index (κ3) is 5.70. The molecule has 0 saturated carbocycles. The number of nitrogens with zero attached hydrogens (tertiary/aromatic N) is 2. The molecule has 8 aromatic carbocycles. The molecule has 0 unspecified atom stereocenters. The van der Waals surface area contributed by atoms with Crippen molar-refractivity contribution in [1.29, 1.82) is 0 Å². The molecule has 2 nitrogen and oxygen atoms in total. The van der Waals surface area contributed by atoms with Crippen LogP contribution in [0.4, 0.5) is 17.1 Å². The molecule has 2 heteroatoms. The maximum Gasteiger partial charge on any atom is 0.0547 e. The molecule has 0 saturated heterocycles. The maximum atomic E-state index is 2.49. The third-order valence-electron chi connectivity index (χ3n) is 12.1. The van der Waals surface area contributed by atoms with Crippen LogP contribution < -0.4 is 4.90 Å². The molecule has 9 aromatic rings. The minimum absolute atomic E-state index is 0.112. The van der Waals surface area contributed by atoms with Gasteiger partial charge >= 0.3 is 0 Å². The zero-order valence-electron chi connectivity index (χ0n) is 33.3. The van der Waals surface area contributed by atoms with Gasteiger partial charge in [0.1, 0.15) is 0 Å². The number of aromatic nitrogens is 1. The second-order valence-electron chi connectivity index (χ2n) is 17.0. The molecule has 0 spiro atoms. The lowest BCUT2D eigenvalue weighted by molar-refractivity contribution is 0.591. The Balaban J connectivity index is 1.15. The van der Waals surface area contributed by atoms with Crippen molar-refractivity contribution in [1.82, 2.24) is 4.57 Å². The number of hydrogen-bond acceptors (Lipinski definition) is 1. The van der Waals surface area contributed by atoms with Gasteiger partial charge in [-0.25, -0.2) is 0 Å². The van der Waals surface area contributed by atoms with Crippen LogP contribution in [0.2, 0.25) is 0 Å². The summed E-state index contributed by atoms with van der Waals surface area (Å²) in [6.45, 7) is 11.7. The monoisotopic (exact) mass is 734 g/mol. The van der Waals surface area contributed by atoms with E-state index < -0.39 is 0 Å². The van der Waals surface area contributed by atoms with Crippen LogP contribution in [0.1, 0.15) is 51.3 Å². The first-order valence-corrected chi connectivity index (χ1v) is 20.1. The summed E-state index contributed by atoms with van der Waals surface area (Å²) in [7, 11) is 0. The summed E-state index contributed by atoms with van der Waals surface area (Å²) < 4.78 is 2.39. The Morgan fingerprint density at radius 1 is 0.456 bits per heavy atom. The fourth-order valence-corrected chi connectivity index (χ4v) is 9.31. The van der Waals surface area contributed by atoms with Crippen LogP contribution in [-0.4, -0.2) is 4.57 Å². The molecule has 57 heavy (non-hydrogen) atoms. The Bertz CT molecular complexity index is 2940. The van der Waals surface area contributed by atoms with Crippen molar-refractivity contribution in [2.75, 3.05) is 4.90 Å². The highest BCUT2D eigenvalue weighted by Crippen LogP contribution is 2.51. The predicted molar refractivity (Wildman–Crippen MR) is 243 cm³/mol. The Morgan fingerprint density at radius 3 is 1.84 bits per heavy atom. The van der Waals surface area contributed by atoms with Crippen molar-refractivity contribution < 1.29 is 0 Å². The first-order valence-electron chi connectivity index (χ1n) is 20.1. The quantitative estimate of drug-likeness (QED) is 0.165. The molecule has 276 valence electrons. The average Bonchev–Trinajstić information content (AvgIpc) is 3.70. The van der Waals surface area contributed by atoms with E-state index in [0.717, 1.165) is 11.4 Å². The lowest BCUT2D eigenvalue weighted by Gasteiger charge is -2.33. The fourth-order valence-electron chi connectivity index (χ4n) is 9.31. The molecular formula is C55H46N2. The largest absolute Gasteiger partial charge is 0.310 e. The molecule has 0 fully saturated rings. The summed E-state index contributed by atoms with van der Waals surface area (Å²) in [5.74, 6) is 0. The van der Waals surface area contributed by atoms with E-state index in [-0.39, 0.29) is 10.8 Å². The lowest BCUT2D eigenvalue weighted by Crippen LogP contribution is -2.20. The number of benzene rings is 8. The van der Waals surface area contributed by atoms with E-state index in [1.54, 1.807) is 0 Å². The number of fused-ring (bicyclic) bond motifs is 6. The van der Waals surface area contributed by atoms with Crippen molar-refractivity contribution >= 4 is 38.9 Å². The summed E-state index contributed by atoms with van der Waals surface area (Å²) >= 11 is 0. The molecule has 1 aromatic heterocycles. The van der Waals surface area contributed by atoms with Gasteiger partial charge in [-0.1, -0.05) is 162 Å². The van der Waals surface area contributed by atoms with E-state index in [1.165, 1.54) is 83.3 Å². The van der Waals surface area contributed by atoms with Crippen molar-refractivity contribution in [3.63, 3.8) is 0 Å². The van der Waals surface area contributed by atoms with Gasteiger partial charge in [0.25, 0.3) is 0 Å². The van der Waals surface area contributed by atoms with E-state index in [1.807, 2.05) is 0 Å². The van der Waals surface area contributed by atoms with E-state index in [2.05, 4.69) is 232 Å². The zero-order chi connectivity index (χ0) is 38.9. The van der Waals surface area contributed by atoms with Crippen LogP contribution in [0.3, 0.4) is 0 Å². The standard InChI is InChI=1S/C55H46N2/c1-54(2,3)49-35-39(37-17-8-6-9-18-37)29-34-51(49)56(42-32-33-45-44-21-12-14-24-47(44)55(4,5)48(45)36-42)41-30-27-38(28-31-41)43-23-16-26-52-53(43)46-22-13-15-25-50(46)57(52)40-19-10-7-11-20-40/h6-36H,1-5H3. The van der Waals surface area contributed by atoms with Crippen LogP contribution in [0.5, 0.6) is 0 Å². The minimum atomic E-state index is -0.118. The maximum absolute atomic E-state index is 2.49. The SMILES string of the molecule is CC(C)(C)c1cc(-c2ccccc2)ccc1N(c1ccc(-c2cccc3c2c2ccccc2n3-c2ccccc2)cc1)c1ccc2c(c1)C(C)(C)c1ccccc1-2. The Labute approximate surface area is 336 Å². The highest BCUT2D eigenvalue weighted by atomic mass is 15.1. The summed E-state index contributed by atoms with van der Waals surface area (Å²) in [5, 5.41) is 2.53. The van der Waals surface area contributed by atoms with E-state index in [9.17, 15) is 0 Å². The van der Waals surface area contributed by atoms with E-state index in [0.29, 0.717) is 0 Å². The highest BCUT2D eigenvalue weighted by molar-refractivity contribution is 6.15. The molecule has 0 radical (unpaired) electrons. The summed E-state index contributed by atoms with van der Waals surface area (Å²) in [6, 6.07) is 69.3. The van der Waals surface area contributed by atoms with Gasteiger partial charge < -0.3 is 9.47 Å². The van der Waals surface area contributed by atoms with Crippen molar-refractivity contribution in [2.24, 2.45) is 0 Å². The van der Waals surface area contributed by atoms with Gasteiger partial charge in [0.2, 0.25) is 0 Å². The van der Waals surface area contributed by atoms with Gasteiger partial charge in [-0.05, 0) is 116 Å². The minimum Gasteiger partial charge on any atom is -0.310 e. The van der Waals surface area contributed by atoms with Gasteiger partial charge in [0.05, 0.1) is 11.0 Å². The van der Waals surface area contributed by atoms with Crippen molar-refractivity contribution in [3.8, 4) is 39.1 Å². The second-order valence-corrected chi connectivity index (χ2v) is 17.0. The molecule has 0 amide bonds. The molecule has 0 aliphatic heterocycles. The average molecular weight is 735 g/mol. The van der Waals surface area contributed by atoms with Crippen LogP contribution in [-0.2, 0) is 10.8 Å². The smallest absolute Gasteiger partial charge is 0.0547 e. The molecule has 1 aliphatic rings. The van der Waals surface area contributed by atoms with Gasteiger partial charge in [-0.15, -0.1) is 0 Å². The van der Waals surface area contributed by atoms with Gasteiger partial charge in [0, 0.05) is 38.9 Å². The normalized spacial score (nSPS) is 13.1. The van der Waals surface area contributed by atoms with Gasteiger partial charge in [-0.2, -0.15) is 0 Å². The van der Waals surface area contributed by atoms with Crippen molar-refractivity contribution in [2.45, 2.75) is 45.4 Å². The molecule has 0 bridgehead atoms. The summed E-state index contributed by atoms with van der Waals surface area (Å²) in [4.78, 5) is 2.49. The topological polar surface area (TPSA) is 8.17 Å². The van der Waals surface area contributed by atoms with Gasteiger partial charge in [-0.3, -0.25) is 0 Å². The lowest BCUT2D eigenvalue weighted by atomic mass is 9.82. The van der Waals surface area contributed by atoms with E-state index >= 15 is 0 Å². The molecule has 0 N–H and O–H groups in total. The molecule has 0 atom stereocenters. The first kappa shape index (κ1) is 34.8. The molecule has 1 heterocycles. The fraction of sp³-hybridized carbons (Fsp3) is 0.127. The highest BCUT2D eigenvalue weighted by Gasteiger charge is 2.36. The Hall–Kier alpha value is -6.64. The summed E-state index contributed by atoms with van der Waals surface area (Å²) in [6.07, 6.45) is 0. The predicted octanol–water partition coefficient (Wildman–Crippen LogP) is 15.2. The second kappa shape index (κ2) is 13.2. The molecular weight excluding hydrogens is 689 g/mol. The van der Waals surface area contributed by atoms with Crippen LogP contribution in [0, 0.1) is 0 Å². The summed E-state index contributed by atoms with van der Waals surface area (Å²) in [5.41, 5.74) is 18.4. The van der Waals surface area contributed by atoms with Gasteiger partial charge in [0.15, 0.2) is 0 Å². The number of anilines is 3. The van der Waals surface area contributed by atoms with Crippen LogP contribution >= 0.6 is 0 Å². The number of rotatable bonds is 6. The third-order valence-corrected chi connectivity index (χ3v) is 12.1.